The molecule has 0 amide bonds. The number of methoxy groups -OCH3 is 1. The summed E-state index contributed by atoms with van der Waals surface area (Å²) in [7, 11) is 1.78. The molecule has 1 fully saturated rings. The van der Waals surface area contributed by atoms with Crippen LogP contribution in [0.5, 0.6) is 0 Å². The van der Waals surface area contributed by atoms with Gasteiger partial charge in [-0.3, -0.25) is 4.68 Å². The van der Waals surface area contributed by atoms with Crippen molar-refractivity contribution in [2.24, 2.45) is 5.41 Å². The number of hydrogen-bond donors (Lipinski definition) is 1. The van der Waals surface area contributed by atoms with Gasteiger partial charge in [0.25, 0.3) is 0 Å². The highest BCUT2D eigenvalue weighted by atomic mass is 16.5. The van der Waals surface area contributed by atoms with Gasteiger partial charge in [0, 0.05) is 39.2 Å². The van der Waals surface area contributed by atoms with Crippen LogP contribution in [-0.4, -0.2) is 36.6 Å². The van der Waals surface area contributed by atoms with Crippen molar-refractivity contribution < 1.29 is 4.74 Å². The molecule has 1 aliphatic carbocycles. The van der Waals surface area contributed by atoms with Crippen LogP contribution in [-0.2, 0) is 11.3 Å². The molecule has 1 heterocycles. The molecule has 0 saturated heterocycles. The van der Waals surface area contributed by atoms with Crippen molar-refractivity contribution in [1.29, 1.82) is 0 Å². The van der Waals surface area contributed by atoms with E-state index in [9.17, 15) is 0 Å². The van der Waals surface area contributed by atoms with E-state index in [-0.39, 0.29) is 0 Å². The van der Waals surface area contributed by atoms with E-state index >= 15 is 0 Å². The molecule has 4 heteroatoms. The predicted molar refractivity (Wildman–Crippen MR) is 63.3 cm³/mol. The second kappa shape index (κ2) is 5.46. The number of hydrogen-bond acceptors (Lipinski definition) is 3. The SMILES string of the molecule is COCCC1(CNCCn2cccn2)CC1. The van der Waals surface area contributed by atoms with Crippen molar-refractivity contribution >= 4 is 0 Å². The number of rotatable bonds is 8. The highest BCUT2D eigenvalue weighted by Gasteiger charge is 2.41. The van der Waals surface area contributed by atoms with E-state index in [4.69, 9.17) is 4.74 Å². The summed E-state index contributed by atoms with van der Waals surface area (Å²) < 4.78 is 7.10. The van der Waals surface area contributed by atoms with Crippen LogP contribution in [0.3, 0.4) is 0 Å². The second-order valence-corrected chi connectivity index (χ2v) is 4.69. The summed E-state index contributed by atoms with van der Waals surface area (Å²) in [5.74, 6) is 0. The molecule has 4 nitrogen and oxygen atoms in total. The first-order valence-corrected chi connectivity index (χ1v) is 6.02. The minimum atomic E-state index is 0.542. The molecule has 1 aromatic heterocycles. The maximum Gasteiger partial charge on any atom is 0.0533 e. The lowest BCUT2D eigenvalue weighted by molar-refractivity contribution is 0.171. The summed E-state index contributed by atoms with van der Waals surface area (Å²) >= 11 is 0. The number of nitrogens with one attached hydrogen (secondary N) is 1. The Bertz CT molecular complexity index is 293. The minimum absolute atomic E-state index is 0.542. The van der Waals surface area contributed by atoms with E-state index < -0.39 is 0 Å². The summed E-state index contributed by atoms with van der Waals surface area (Å²) in [4.78, 5) is 0. The molecule has 1 aromatic rings. The summed E-state index contributed by atoms with van der Waals surface area (Å²) in [6.07, 6.45) is 7.72. The predicted octanol–water partition coefficient (Wildman–Crippen LogP) is 1.29. The maximum absolute atomic E-state index is 5.14. The lowest BCUT2D eigenvalue weighted by Gasteiger charge is -2.15. The third-order valence-corrected chi connectivity index (χ3v) is 3.37. The summed E-state index contributed by atoms with van der Waals surface area (Å²) in [6.45, 7) is 3.96. The van der Waals surface area contributed by atoms with E-state index in [0.717, 1.165) is 26.2 Å². The number of aromatic nitrogens is 2. The molecule has 0 atom stereocenters. The first kappa shape index (κ1) is 11.6. The zero-order valence-electron chi connectivity index (χ0n) is 9.98. The molecule has 0 aliphatic heterocycles. The van der Waals surface area contributed by atoms with E-state index in [0.29, 0.717) is 5.41 Å². The van der Waals surface area contributed by atoms with E-state index in [2.05, 4.69) is 10.4 Å². The third kappa shape index (κ3) is 3.32. The first-order valence-electron chi connectivity index (χ1n) is 6.02. The van der Waals surface area contributed by atoms with Crippen molar-refractivity contribution in [3.8, 4) is 0 Å². The molecule has 1 N–H and O–H groups in total. The van der Waals surface area contributed by atoms with E-state index in [1.165, 1.54) is 19.3 Å². The maximum atomic E-state index is 5.14. The van der Waals surface area contributed by atoms with Gasteiger partial charge in [0.15, 0.2) is 0 Å². The fourth-order valence-electron chi connectivity index (χ4n) is 1.99. The van der Waals surface area contributed by atoms with Gasteiger partial charge >= 0.3 is 0 Å². The van der Waals surface area contributed by atoms with Gasteiger partial charge in [-0.15, -0.1) is 0 Å². The quantitative estimate of drug-likeness (QED) is 0.675. The Balaban J connectivity index is 1.57. The van der Waals surface area contributed by atoms with Gasteiger partial charge in [-0.2, -0.15) is 5.10 Å². The molecule has 0 unspecified atom stereocenters. The molecule has 2 rings (SSSR count). The second-order valence-electron chi connectivity index (χ2n) is 4.69. The van der Waals surface area contributed by atoms with Gasteiger partial charge in [-0.05, 0) is 30.7 Å². The Morgan fingerprint density at radius 1 is 1.50 bits per heavy atom. The van der Waals surface area contributed by atoms with Crippen molar-refractivity contribution in [2.75, 3.05) is 26.8 Å². The molecule has 16 heavy (non-hydrogen) atoms. The van der Waals surface area contributed by atoms with Crippen LogP contribution < -0.4 is 5.32 Å². The Morgan fingerprint density at radius 2 is 2.38 bits per heavy atom. The van der Waals surface area contributed by atoms with Crippen LogP contribution in [0.15, 0.2) is 18.5 Å². The Morgan fingerprint density at radius 3 is 3.00 bits per heavy atom. The lowest BCUT2D eigenvalue weighted by atomic mass is 10.0. The molecule has 0 aromatic carbocycles. The van der Waals surface area contributed by atoms with Crippen LogP contribution in [0.2, 0.25) is 0 Å². The summed E-state index contributed by atoms with van der Waals surface area (Å²) in [6, 6.07) is 1.96. The van der Waals surface area contributed by atoms with Crippen molar-refractivity contribution in [1.82, 2.24) is 15.1 Å². The molecule has 1 aliphatic rings. The zero-order valence-corrected chi connectivity index (χ0v) is 9.98. The van der Waals surface area contributed by atoms with Gasteiger partial charge in [-0.1, -0.05) is 0 Å². The number of nitrogens with zero attached hydrogens (tertiary/aromatic N) is 2. The van der Waals surface area contributed by atoms with Gasteiger partial charge in [0.2, 0.25) is 0 Å². The molecule has 0 radical (unpaired) electrons. The molecule has 1 saturated carbocycles. The Kier molecular flexibility index (Phi) is 3.96. The van der Waals surface area contributed by atoms with Crippen LogP contribution in [0.4, 0.5) is 0 Å². The van der Waals surface area contributed by atoms with Gasteiger partial charge in [0.05, 0.1) is 6.54 Å². The van der Waals surface area contributed by atoms with E-state index in [1.54, 1.807) is 7.11 Å². The average molecular weight is 223 g/mol. The first-order chi connectivity index (χ1) is 7.85. The number of ether oxygens (including phenoxy) is 1. The Hall–Kier alpha value is -0.870. The molecule has 0 spiro atoms. The van der Waals surface area contributed by atoms with Crippen LogP contribution >= 0.6 is 0 Å². The van der Waals surface area contributed by atoms with Crippen LogP contribution in [0.25, 0.3) is 0 Å². The van der Waals surface area contributed by atoms with E-state index in [1.807, 2.05) is 23.1 Å². The van der Waals surface area contributed by atoms with Gasteiger partial charge in [-0.25, -0.2) is 0 Å². The fourth-order valence-corrected chi connectivity index (χ4v) is 1.99. The summed E-state index contributed by atoms with van der Waals surface area (Å²) in [5, 5.41) is 7.69. The lowest BCUT2D eigenvalue weighted by Crippen LogP contribution is -2.28. The molecular formula is C12H21N3O. The van der Waals surface area contributed by atoms with Gasteiger partial charge in [0.1, 0.15) is 0 Å². The van der Waals surface area contributed by atoms with Crippen molar-refractivity contribution in [2.45, 2.75) is 25.8 Å². The Labute approximate surface area is 97.0 Å². The average Bonchev–Trinajstić information content (AvgIpc) is 2.87. The topological polar surface area (TPSA) is 39.1 Å². The third-order valence-electron chi connectivity index (χ3n) is 3.37. The highest BCUT2D eigenvalue weighted by Crippen LogP contribution is 2.48. The van der Waals surface area contributed by atoms with Crippen molar-refractivity contribution in [3.05, 3.63) is 18.5 Å². The minimum Gasteiger partial charge on any atom is -0.385 e. The summed E-state index contributed by atoms with van der Waals surface area (Å²) in [5.41, 5.74) is 0.542. The van der Waals surface area contributed by atoms with Crippen LogP contribution in [0.1, 0.15) is 19.3 Å². The standard InChI is InChI=1S/C12H21N3O/c1-16-10-5-12(3-4-12)11-13-7-9-15-8-2-6-14-15/h2,6,8,13H,3-5,7,9-11H2,1H3. The normalized spacial score (nSPS) is 17.6. The van der Waals surface area contributed by atoms with Gasteiger partial charge < -0.3 is 10.1 Å². The molecular weight excluding hydrogens is 202 g/mol. The van der Waals surface area contributed by atoms with Crippen molar-refractivity contribution in [3.63, 3.8) is 0 Å². The largest absolute Gasteiger partial charge is 0.385 e. The fraction of sp³-hybridized carbons (Fsp3) is 0.750. The monoisotopic (exact) mass is 223 g/mol. The van der Waals surface area contributed by atoms with Crippen LogP contribution in [0, 0.1) is 5.41 Å². The highest BCUT2D eigenvalue weighted by molar-refractivity contribution is 4.94. The molecule has 90 valence electrons. The smallest absolute Gasteiger partial charge is 0.0533 e. The zero-order chi connectivity index (χ0) is 11.3. The molecule has 0 bridgehead atoms.